The number of hydrogen-bond acceptors (Lipinski definition) is 2. The highest BCUT2D eigenvalue weighted by molar-refractivity contribution is 5.85. The van der Waals surface area contributed by atoms with Crippen LogP contribution in [0, 0.1) is 6.92 Å². The molecular formula is C19H23ClN2O. The third kappa shape index (κ3) is 4.57. The van der Waals surface area contributed by atoms with E-state index in [-0.39, 0.29) is 24.4 Å². The average molecular weight is 331 g/mol. The highest BCUT2D eigenvalue weighted by Crippen LogP contribution is 2.21. The van der Waals surface area contributed by atoms with Gasteiger partial charge in [-0.2, -0.15) is 0 Å². The van der Waals surface area contributed by atoms with Crippen LogP contribution in [0.15, 0.2) is 48.5 Å². The molecule has 1 unspecified atom stereocenters. The zero-order valence-electron chi connectivity index (χ0n) is 13.3. The van der Waals surface area contributed by atoms with E-state index in [1.165, 1.54) is 16.7 Å². The van der Waals surface area contributed by atoms with Gasteiger partial charge in [0, 0.05) is 6.54 Å². The van der Waals surface area contributed by atoms with Gasteiger partial charge in [-0.05, 0) is 49.1 Å². The van der Waals surface area contributed by atoms with E-state index >= 15 is 0 Å². The highest BCUT2D eigenvalue weighted by Gasteiger charge is 2.21. The number of aryl methyl sites for hydroxylation is 1. The summed E-state index contributed by atoms with van der Waals surface area (Å²) in [4.78, 5) is 12.0. The van der Waals surface area contributed by atoms with Gasteiger partial charge in [-0.15, -0.1) is 12.4 Å². The van der Waals surface area contributed by atoms with E-state index in [2.05, 4.69) is 60.0 Å². The van der Waals surface area contributed by atoms with Crippen molar-refractivity contribution < 1.29 is 4.79 Å². The number of amides is 1. The van der Waals surface area contributed by atoms with Gasteiger partial charge in [0.15, 0.2) is 0 Å². The summed E-state index contributed by atoms with van der Waals surface area (Å²) in [5, 5.41) is 6.25. The first kappa shape index (κ1) is 17.5. The molecule has 3 rings (SSSR count). The Hall–Kier alpha value is -1.84. The summed E-state index contributed by atoms with van der Waals surface area (Å²) in [6.45, 7) is 3.62. The van der Waals surface area contributed by atoms with Crippen molar-refractivity contribution in [3.8, 4) is 11.1 Å². The molecule has 1 aliphatic rings. The first-order chi connectivity index (χ1) is 10.7. The zero-order valence-corrected chi connectivity index (χ0v) is 14.2. The minimum absolute atomic E-state index is 0. The van der Waals surface area contributed by atoms with Crippen molar-refractivity contribution in [1.29, 1.82) is 0 Å². The summed E-state index contributed by atoms with van der Waals surface area (Å²) in [6.07, 6.45) is 2.02. The Morgan fingerprint density at radius 2 is 1.96 bits per heavy atom. The molecule has 1 saturated heterocycles. The second-order valence-electron chi connectivity index (χ2n) is 5.93. The average Bonchev–Trinajstić information content (AvgIpc) is 3.08. The zero-order chi connectivity index (χ0) is 15.4. The quantitative estimate of drug-likeness (QED) is 0.901. The van der Waals surface area contributed by atoms with Crippen LogP contribution < -0.4 is 10.6 Å². The summed E-state index contributed by atoms with van der Waals surface area (Å²) in [7, 11) is 0. The van der Waals surface area contributed by atoms with Gasteiger partial charge < -0.3 is 10.6 Å². The van der Waals surface area contributed by atoms with Gasteiger partial charge in [-0.3, -0.25) is 4.79 Å². The molecule has 1 heterocycles. The topological polar surface area (TPSA) is 41.1 Å². The van der Waals surface area contributed by atoms with E-state index in [1.54, 1.807) is 0 Å². The van der Waals surface area contributed by atoms with Gasteiger partial charge in [0.05, 0.1) is 6.04 Å². The number of hydrogen-bond donors (Lipinski definition) is 2. The SMILES string of the molecule is Cc1ccc(-c2cccc(CNC(=O)C3CCCN3)c2)cc1.Cl. The number of halogens is 1. The molecule has 2 aromatic rings. The maximum absolute atomic E-state index is 12.0. The van der Waals surface area contributed by atoms with Crippen LogP contribution in [0.2, 0.25) is 0 Å². The van der Waals surface area contributed by atoms with Crippen LogP contribution in [0.25, 0.3) is 11.1 Å². The van der Waals surface area contributed by atoms with Crippen LogP contribution in [-0.4, -0.2) is 18.5 Å². The van der Waals surface area contributed by atoms with Gasteiger partial charge in [0.2, 0.25) is 5.91 Å². The molecule has 0 aliphatic carbocycles. The predicted octanol–water partition coefficient (Wildman–Crippen LogP) is 3.45. The molecule has 1 atom stereocenters. The molecule has 2 aromatic carbocycles. The van der Waals surface area contributed by atoms with E-state index < -0.39 is 0 Å². The molecule has 0 bridgehead atoms. The second-order valence-corrected chi connectivity index (χ2v) is 5.93. The van der Waals surface area contributed by atoms with Gasteiger partial charge in [-0.1, -0.05) is 48.0 Å². The maximum atomic E-state index is 12.0. The Balaban J connectivity index is 0.00000192. The van der Waals surface area contributed by atoms with Crippen molar-refractivity contribution >= 4 is 18.3 Å². The first-order valence-corrected chi connectivity index (χ1v) is 7.89. The molecule has 0 radical (unpaired) electrons. The van der Waals surface area contributed by atoms with E-state index in [0.717, 1.165) is 24.9 Å². The van der Waals surface area contributed by atoms with Crippen LogP contribution in [0.5, 0.6) is 0 Å². The Labute approximate surface area is 143 Å². The number of nitrogens with one attached hydrogen (secondary N) is 2. The number of carbonyl (C=O) groups excluding carboxylic acids is 1. The molecule has 3 nitrogen and oxygen atoms in total. The Bertz CT molecular complexity index is 649. The van der Waals surface area contributed by atoms with E-state index in [4.69, 9.17) is 0 Å². The van der Waals surface area contributed by atoms with Crippen LogP contribution in [0.1, 0.15) is 24.0 Å². The molecule has 0 saturated carbocycles. The van der Waals surface area contributed by atoms with Gasteiger partial charge >= 0.3 is 0 Å². The Kier molecular flexibility index (Phi) is 6.20. The summed E-state index contributed by atoms with van der Waals surface area (Å²) in [6, 6.07) is 16.8. The van der Waals surface area contributed by atoms with Crippen LogP contribution >= 0.6 is 12.4 Å². The van der Waals surface area contributed by atoms with E-state index in [0.29, 0.717) is 6.54 Å². The minimum Gasteiger partial charge on any atom is -0.351 e. The fraction of sp³-hybridized carbons (Fsp3) is 0.316. The lowest BCUT2D eigenvalue weighted by atomic mass is 10.0. The van der Waals surface area contributed by atoms with Crippen molar-refractivity contribution in [3.63, 3.8) is 0 Å². The number of carbonyl (C=O) groups is 1. The fourth-order valence-electron chi connectivity index (χ4n) is 2.83. The molecule has 2 N–H and O–H groups in total. The van der Waals surface area contributed by atoms with Crippen LogP contribution in [0.3, 0.4) is 0 Å². The molecule has 1 fully saturated rings. The number of rotatable bonds is 4. The maximum Gasteiger partial charge on any atom is 0.237 e. The number of benzene rings is 2. The summed E-state index contributed by atoms with van der Waals surface area (Å²) in [5.74, 6) is 0.109. The predicted molar refractivity (Wildman–Crippen MR) is 96.7 cm³/mol. The third-order valence-corrected chi connectivity index (χ3v) is 4.16. The fourth-order valence-corrected chi connectivity index (χ4v) is 2.83. The summed E-state index contributed by atoms with van der Waals surface area (Å²) in [5.41, 5.74) is 4.78. The minimum atomic E-state index is -0.0136. The summed E-state index contributed by atoms with van der Waals surface area (Å²) >= 11 is 0. The van der Waals surface area contributed by atoms with Crippen LogP contribution in [0.4, 0.5) is 0 Å². The Morgan fingerprint density at radius 3 is 2.65 bits per heavy atom. The van der Waals surface area contributed by atoms with Crippen molar-refractivity contribution in [2.24, 2.45) is 0 Å². The first-order valence-electron chi connectivity index (χ1n) is 7.89. The monoisotopic (exact) mass is 330 g/mol. The highest BCUT2D eigenvalue weighted by atomic mass is 35.5. The van der Waals surface area contributed by atoms with Gasteiger partial charge in [0.25, 0.3) is 0 Å². The van der Waals surface area contributed by atoms with Crippen molar-refractivity contribution in [2.45, 2.75) is 32.4 Å². The molecule has 1 aliphatic heterocycles. The van der Waals surface area contributed by atoms with Gasteiger partial charge in [0.1, 0.15) is 0 Å². The van der Waals surface area contributed by atoms with Crippen molar-refractivity contribution in [2.75, 3.05) is 6.54 Å². The molecule has 0 aromatic heterocycles. The molecule has 1 amide bonds. The molecule has 23 heavy (non-hydrogen) atoms. The third-order valence-electron chi connectivity index (χ3n) is 4.16. The van der Waals surface area contributed by atoms with Crippen molar-refractivity contribution in [1.82, 2.24) is 10.6 Å². The van der Waals surface area contributed by atoms with Crippen molar-refractivity contribution in [3.05, 3.63) is 59.7 Å². The summed E-state index contributed by atoms with van der Waals surface area (Å²) < 4.78 is 0. The lowest BCUT2D eigenvalue weighted by molar-refractivity contribution is -0.122. The largest absolute Gasteiger partial charge is 0.351 e. The molecule has 0 spiro atoms. The lowest BCUT2D eigenvalue weighted by Gasteiger charge is -2.12. The normalized spacial score (nSPS) is 16.7. The molecule has 4 heteroatoms. The Morgan fingerprint density at radius 1 is 1.17 bits per heavy atom. The van der Waals surface area contributed by atoms with Gasteiger partial charge in [-0.25, -0.2) is 0 Å². The smallest absolute Gasteiger partial charge is 0.237 e. The second kappa shape index (κ2) is 8.14. The standard InChI is InChI=1S/C19H22N2O.ClH/c1-14-7-9-16(10-8-14)17-5-2-4-15(12-17)13-21-19(22)18-6-3-11-20-18;/h2,4-5,7-10,12,18,20H,3,6,11,13H2,1H3,(H,21,22);1H. The van der Waals surface area contributed by atoms with E-state index in [1.807, 2.05) is 6.07 Å². The van der Waals surface area contributed by atoms with Crippen LogP contribution in [-0.2, 0) is 11.3 Å². The lowest BCUT2D eigenvalue weighted by Crippen LogP contribution is -2.39. The molecule has 122 valence electrons. The van der Waals surface area contributed by atoms with E-state index in [9.17, 15) is 4.79 Å². The molecular weight excluding hydrogens is 308 g/mol.